The van der Waals surface area contributed by atoms with E-state index in [1.807, 2.05) is 0 Å². The summed E-state index contributed by atoms with van der Waals surface area (Å²) in [5.41, 5.74) is 5.40. The molecule has 100 valence electrons. The van der Waals surface area contributed by atoms with Crippen molar-refractivity contribution in [2.45, 2.75) is 25.2 Å². The van der Waals surface area contributed by atoms with Gasteiger partial charge in [-0.25, -0.2) is 4.98 Å². The Morgan fingerprint density at radius 1 is 1.56 bits per heavy atom. The molecule has 0 spiro atoms. The van der Waals surface area contributed by atoms with Gasteiger partial charge in [0.05, 0.1) is 12.4 Å². The molecule has 18 heavy (non-hydrogen) atoms. The molecule has 1 aliphatic rings. The highest BCUT2D eigenvalue weighted by Gasteiger charge is 2.28. The third-order valence-corrected chi connectivity index (χ3v) is 3.65. The predicted molar refractivity (Wildman–Crippen MR) is 72.5 cm³/mol. The molecular formula is C11H19N5OS. The Labute approximate surface area is 111 Å². The van der Waals surface area contributed by atoms with E-state index in [-0.39, 0.29) is 5.84 Å². The van der Waals surface area contributed by atoms with E-state index in [2.05, 4.69) is 14.3 Å². The first kappa shape index (κ1) is 13.2. The van der Waals surface area contributed by atoms with E-state index in [0.717, 1.165) is 17.5 Å². The number of aromatic nitrogens is 2. The molecule has 1 fully saturated rings. The summed E-state index contributed by atoms with van der Waals surface area (Å²) in [5.74, 6) is 1.75. The molecule has 6 nitrogen and oxygen atoms in total. The van der Waals surface area contributed by atoms with Crippen LogP contribution in [0.1, 0.15) is 31.0 Å². The van der Waals surface area contributed by atoms with Crippen LogP contribution in [0.5, 0.6) is 0 Å². The van der Waals surface area contributed by atoms with E-state index in [0.29, 0.717) is 25.5 Å². The summed E-state index contributed by atoms with van der Waals surface area (Å²) < 4.78 is 9.49. The lowest BCUT2D eigenvalue weighted by Gasteiger charge is -2.20. The van der Waals surface area contributed by atoms with Gasteiger partial charge in [-0.15, -0.1) is 0 Å². The molecule has 0 bridgehead atoms. The van der Waals surface area contributed by atoms with Crippen LogP contribution in [-0.4, -0.2) is 42.0 Å². The first-order chi connectivity index (χ1) is 8.70. The van der Waals surface area contributed by atoms with Crippen LogP contribution in [0.2, 0.25) is 0 Å². The Morgan fingerprint density at radius 3 is 2.94 bits per heavy atom. The molecule has 1 saturated carbocycles. The normalized spacial score (nSPS) is 14.7. The molecule has 1 aliphatic carbocycles. The molecule has 1 heterocycles. The van der Waals surface area contributed by atoms with Gasteiger partial charge in [0, 0.05) is 44.1 Å². The molecule has 7 heteroatoms. The number of hydrogen-bond acceptors (Lipinski definition) is 6. The van der Waals surface area contributed by atoms with Gasteiger partial charge in [-0.05, 0) is 12.8 Å². The lowest BCUT2D eigenvalue weighted by Crippen LogP contribution is -2.30. The molecule has 0 saturated heterocycles. The molecule has 1 aromatic rings. The first-order valence-corrected chi connectivity index (χ1v) is 6.88. The average Bonchev–Trinajstić information content (AvgIpc) is 3.08. The van der Waals surface area contributed by atoms with Gasteiger partial charge < -0.3 is 15.4 Å². The Hall–Kier alpha value is -1.21. The Bertz CT molecular complexity index is 404. The molecule has 0 amide bonds. The molecule has 2 rings (SSSR count). The number of anilines is 1. The van der Waals surface area contributed by atoms with Crippen LogP contribution in [0, 0.1) is 5.41 Å². The number of nitrogens with two attached hydrogens (primary N) is 1. The summed E-state index contributed by atoms with van der Waals surface area (Å²) in [4.78, 5) is 6.66. The molecule has 0 aromatic carbocycles. The Balaban J connectivity index is 1.97. The third kappa shape index (κ3) is 3.64. The predicted octanol–water partition coefficient (Wildman–Crippen LogP) is 1.19. The number of nitrogens with zero attached hydrogens (tertiary/aromatic N) is 3. The van der Waals surface area contributed by atoms with Gasteiger partial charge in [-0.3, -0.25) is 5.41 Å². The van der Waals surface area contributed by atoms with Crippen molar-refractivity contribution >= 4 is 22.5 Å². The van der Waals surface area contributed by atoms with E-state index in [1.54, 1.807) is 7.11 Å². The van der Waals surface area contributed by atoms with Crippen LogP contribution in [0.25, 0.3) is 0 Å². The second kappa shape index (κ2) is 6.10. The summed E-state index contributed by atoms with van der Waals surface area (Å²) in [5, 5.41) is 8.21. The van der Waals surface area contributed by atoms with Gasteiger partial charge in [0.25, 0.3) is 0 Å². The van der Waals surface area contributed by atoms with Crippen LogP contribution >= 0.6 is 11.5 Å². The van der Waals surface area contributed by atoms with Crippen molar-refractivity contribution in [3.05, 3.63) is 5.82 Å². The quantitative estimate of drug-likeness (QED) is 0.547. The maximum Gasteiger partial charge on any atom is 0.205 e. The maximum absolute atomic E-state index is 7.30. The van der Waals surface area contributed by atoms with Gasteiger partial charge in [-0.1, -0.05) is 0 Å². The fourth-order valence-corrected chi connectivity index (χ4v) is 2.42. The number of hydrogen-bond donors (Lipinski definition) is 2. The first-order valence-electron chi connectivity index (χ1n) is 6.11. The number of nitrogens with one attached hydrogen (secondary N) is 1. The molecule has 1 aromatic heterocycles. The zero-order valence-electron chi connectivity index (χ0n) is 10.6. The largest absolute Gasteiger partial charge is 0.388 e. The number of amidine groups is 1. The summed E-state index contributed by atoms with van der Waals surface area (Å²) in [6.45, 7) is 2.08. The van der Waals surface area contributed by atoms with E-state index in [1.165, 1.54) is 24.4 Å². The van der Waals surface area contributed by atoms with Crippen molar-refractivity contribution in [2.24, 2.45) is 5.73 Å². The van der Waals surface area contributed by atoms with Crippen LogP contribution in [0.4, 0.5) is 5.13 Å². The van der Waals surface area contributed by atoms with E-state index < -0.39 is 0 Å². The minimum absolute atomic E-state index is 0.198. The van der Waals surface area contributed by atoms with Crippen molar-refractivity contribution in [2.75, 3.05) is 31.7 Å². The maximum atomic E-state index is 7.30. The Kier molecular flexibility index (Phi) is 4.48. The number of rotatable bonds is 8. The van der Waals surface area contributed by atoms with Gasteiger partial charge in [0.1, 0.15) is 5.82 Å². The highest BCUT2D eigenvalue weighted by Crippen LogP contribution is 2.39. The van der Waals surface area contributed by atoms with Crippen molar-refractivity contribution in [1.29, 1.82) is 5.41 Å². The highest BCUT2D eigenvalue weighted by atomic mass is 32.1. The summed E-state index contributed by atoms with van der Waals surface area (Å²) in [7, 11) is 1.68. The summed E-state index contributed by atoms with van der Waals surface area (Å²) in [6, 6.07) is 0. The SMILES string of the molecule is COCCN(CCC(=N)N)c1nc(C2CC2)ns1. The fourth-order valence-electron chi connectivity index (χ4n) is 1.62. The topological polar surface area (TPSA) is 88.1 Å². The minimum atomic E-state index is 0.198. The van der Waals surface area contributed by atoms with Gasteiger partial charge in [-0.2, -0.15) is 4.37 Å². The molecule has 0 radical (unpaired) electrons. The lowest BCUT2D eigenvalue weighted by atomic mass is 10.3. The van der Waals surface area contributed by atoms with Crippen molar-refractivity contribution in [1.82, 2.24) is 9.36 Å². The zero-order chi connectivity index (χ0) is 13.0. The van der Waals surface area contributed by atoms with Gasteiger partial charge >= 0.3 is 0 Å². The van der Waals surface area contributed by atoms with Gasteiger partial charge in [0.2, 0.25) is 5.13 Å². The fraction of sp³-hybridized carbons (Fsp3) is 0.727. The van der Waals surface area contributed by atoms with Crippen LogP contribution in [0.3, 0.4) is 0 Å². The molecule has 0 aliphatic heterocycles. The van der Waals surface area contributed by atoms with Crippen LogP contribution in [-0.2, 0) is 4.74 Å². The van der Waals surface area contributed by atoms with E-state index in [4.69, 9.17) is 15.9 Å². The van der Waals surface area contributed by atoms with Crippen molar-refractivity contribution < 1.29 is 4.74 Å². The second-order valence-electron chi connectivity index (χ2n) is 4.46. The lowest BCUT2D eigenvalue weighted by molar-refractivity contribution is 0.205. The minimum Gasteiger partial charge on any atom is -0.388 e. The molecular weight excluding hydrogens is 250 g/mol. The van der Waals surface area contributed by atoms with Crippen molar-refractivity contribution in [3.63, 3.8) is 0 Å². The third-order valence-electron chi connectivity index (χ3n) is 2.86. The molecule has 0 atom stereocenters. The monoisotopic (exact) mass is 269 g/mol. The average molecular weight is 269 g/mol. The van der Waals surface area contributed by atoms with Gasteiger partial charge in [0.15, 0.2) is 0 Å². The van der Waals surface area contributed by atoms with Crippen LogP contribution in [0.15, 0.2) is 0 Å². The smallest absolute Gasteiger partial charge is 0.205 e. The zero-order valence-corrected chi connectivity index (χ0v) is 11.4. The van der Waals surface area contributed by atoms with E-state index in [9.17, 15) is 0 Å². The number of ether oxygens (including phenoxy) is 1. The second-order valence-corrected chi connectivity index (χ2v) is 5.19. The number of methoxy groups -OCH3 is 1. The Morgan fingerprint density at radius 2 is 2.33 bits per heavy atom. The van der Waals surface area contributed by atoms with Crippen molar-refractivity contribution in [3.8, 4) is 0 Å². The standard InChI is InChI=1S/C11H19N5OS/c1-17-7-6-16(5-4-9(12)13)11-14-10(15-18-11)8-2-3-8/h8H,2-7H2,1H3,(H3,12,13). The molecule has 3 N–H and O–H groups in total. The molecule has 0 unspecified atom stereocenters. The summed E-state index contributed by atoms with van der Waals surface area (Å²) >= 11 is 1.43. The highest BCUT2D eigenvalue weighted by molar-refractivity contribution is 7.09. The van der Waals surface area contributed by atoms with Crippen LogP contribution < -0.4 is 10.6 Å². The summed E-state index contributed by atoms with van der Waals surface area (Å²) in [6.07, 6.45) is 2.96. The van der Waals surface area contributed by atoms with E-state index >= 15 is 0 Å².